The number of benzene rings is 2. The Kier molecular flexibility index (Phi) is 5.75. The lowest BCUT2D eigenvalue weighted by Gasteiger charge is -2.20. The molecule has 6 nitrogen and oxygen atoms in total. The van der Waals surface area contributed by atoms with Crippen molar-refractivity contribution in [1.29, 1.82) is 0 Å². The molecule has 2 amide bonds. The van der Waals surface area contributed by atoms with E-state index in [1.54, 1.807) is 43.3 Å². The van der Waals surface area contributed by atoms with Gasteiger partial charge < -0.3 is 14.7 Å². The molecule has 0 radical (unpaired) electrons. The average molecular weight is 384 g/mol. The highest BCUT2D eigenvalue weighted by atomic mass is 19.1. The molecule has 1 aliphatic heterocycles. The van der Waals surface area contributed by atoms with Crippen molar-refractivity contribution >= 4 is 17.4 Å². The summed E-state index contributed by atoms with van der Waals surface area (Å²) < 4.78 is 18.4. The van der Waals surface area contributed by atoms with E-state index in [0.717, 1.165) is 10.5 Å². The second kappa shape index (κ2) is 8.22. The molecule has 0 unspecified atom stereocenters. The van der Waals surface area contributed by atoms with Gasteiger partial charge in [0.15, 0.2) is 0 Å². The normalized spacial score (nSPS) is 14.1. The quantitative estimate of drug-likeness (QED) is 0.740. The number of carbonyl (C=O) groups is 2. The summed E-state index contributed by atoms with van der Waals surface area (Å²) in [5.74, 6) is -0.652. The first-order valence-electron chi connectivity index (χ1n) is 8.77. The number of halogens is 1. The number of aliphatic hydroxyl groups excluding tert-OH is 1. The summed E-state index contributed by atoms with van der Waals surface area (Å²) in [5, 5.41) is 9.26. The highest BCUT2D eigenvalue weighted by molar-refractivity contribution is 6.35. The minimum Gasteiger partial charge on any atom is -0.497 e. The van der Waals surface area contributed by atoms with E-state index < -0.39 is 17.6 Å². The third kappa shape index (κ3) is 3.75. The fourth-order valence-electron chi connectivity index (χ4n) is 3.11. The Morgan fingerprint density at radius 1 is 1.04 bits per heavy atom. The van der Waals surface area contributed by atoms with E-state index in [9.17, 15) is 19.1 Å². The van der Waals surface area contributed by atoms with Crippen LogP contribution in [0.25, 0.3) is 5.57 Å². The van der Waals surface area contributed by atoms with E-state index in [-0.39, 0.29) is 31.0 Å². The van der Waals surface area contributed by atoms with Gasteiger partial charge in [-0.3, -0.25) is 14.5 Å². The molecule has 28 heavy (non-hydrogen) atoms. The molecule has 0 saturated heterocycles. The number of imide groups is 1. The molecule has 2 aromatic rings. The minimum absolute atomic E-state index is 0.100. The maximum Gasteiger partial charge on any atom is 0.278 e. The molecule has 0 saturated carbocycles. The fraction of sp³-hybridized carbons (Fsp3) is 0.238. The van der Waals surface area contributed by atoms with Crippen molar-refractivity contribution in [1.82, 2.24) is 9.80 Å². The maximum atomic E-state index is 13.3. The van der Waals surface area contributed by atoms with Crippen LogP contribution in [-0.4, -0.2) is 54.0 Å². The molecule has 3 rings (SSSR count). The summed E-state index contributed by atoms with van der Waals surface area (Å²) in [6.07, 6.45) is 0. The van der Waals surface area contributed by atoms with Crippen LogP contribution in [0.5, 0.6) is 5.75 Å². The summed E-state index contributed by atoms with van der Waals surface area (Å²) in [6, 6.07) is 12.5. The molecule has 0 fully saturated rings. The summed E-state index contributed by atoms with van der Waals surface area (Å²) >= 11 is 0. The number of nitrogens with zero attached hydrogens (tertiary/aromatic N) is 2. The molecule has 146 valence electrons. The first-order valence-corrected chi connectivity index (χ1v) is 8.77. The zero-order valence-corrected chi connectivity index (χ0v) is 15.7. The first-order chi connectivity index (χ1) is 13.5. The summed E-state index contributed by atoms with van der Waals surface area (Å²) in [6.45, 7) is 0.120. The van der Waals surface area contributed by atoms with Crippen LogP contribution in [0, 0.1) is 5.82 Å². The van der Waals surface area contributed by atoms with E-state index >= 15 is 0 Å². The zero-order chi connectivity index (χ0) is 20.3. The van der Waals surface area contributed by atoms with Gasteiger partial charge in [0.25, 0.3) is 11.8 Å². The SMILES string of the molecule is COc1ccc(CN2C(=O)C(c3ccc(F)cc3)=C(N(C)CCO)C2=O)cc1. The van der Waals surface area contributed by atoms with Crippen LogP contribution in [0.1, 0.15) is 11.1 Å². The second-order valence-corrected chi connectivity index (χ2v) is 6.42. The van der Waals surface area contributed by atoms with E-state index in [1.807, 2.05) is 0 Å². The first kappa shape index (κ1) is 19.6. The van der Waals surface area contributed by atoms with E-state index in [2.05, 4.69) is 0 Å². The molecule has 0 atom stereocenters. The van der Waals surface area contributed by atoms with Crippen LogP contribution < -0.4 is 4.74 Å². The molecule has 1 aliphatic rings. The fourth-order valence-corrected chi connectivity index (χ4v) is 3.11. The number of aliphatic hydroxyl groups is 1. The topological polar surface area (TPSA) is 70.1 Å². The van der Waals surface area contributed by atoms with E-state index in [1.165, 1.54) is 24.3 Å². The highest BCUT2D eigenvalue weighted by Gasteiger charge is 2.40. The van der Waals surface area contributed by atoms with Crippen molar-refractivity contribution in [3.05, 3.63) is 71.2 Å². The molecular weight excluding hydrogens is 363 g/mol. The van der Waals surface area contributed by atoms with Crippen LogP contribution in [0.2, 0.25) is 0 Å². The van der Waals surface area contributed by atoms with Crippen LogP contribution in [0.3, 0.4) is 0 Å². The van der Waals surface area contributed by atoms with Crippen LogP contribution >= 0.6 is 0 Å². The monoisotopic (exact) mass is 384 g/mol. The number of methoxy groups -OCH3 is 1. The van der Waals surface area contributed by atoms with Crippen molar-refractivity contribution in [3.8, 4) is 5.75 Å². The van der Waals surface area contributed by atoms with Gasteiger partial charge in [0.05, 0.1) is 25.8 Å². The molecule has 1 heterocycles. The van der Waals surface area contributed by atoms with E-state index in [4.69, 9.17) is 4.74 Å². The van der Waals surface area contributed by atoms with E-state index in [0.29, 0.717) is 11.3 Å². The van der Waals surface area contributed by atoms with Crippen LogP contribution in [0.4, 0.5) is 4.39 Å². The standard InChI is InChI=1S/C21H21FN2O4/c1-23(11-12-25)19-18(15-5-7-16(22)8-6-15)20(26)24(21(19)27)13-14-3-9-17(28-2)10-4-14/h3-10,25H,11-13H2,1-2H3. The Bertz CT molecular complexity index is 907. The number of hydrogen-bond donors (Lipinski definition) is 1. The van der Waals surface area contributed by atoms with Gasteiger partial charge >= 0.3 is 0 Å². The second-order valence-electron chi connectivity index (χ2n) is 6.42. The Hall–Kier alpha value is -3.19. The van der Waals surface area contributed by atoms with Gasteiger partial charge in [0.1, 0.15) is 17.3 Å². The average Bonchev–Trinajstić information content (AvgIpc) is 2.94. The minimum atomic E-state index is -0.452. The number of ether oxygens (including phenoxy) is 1. The largest absolute Gasteiger partial charge is 0.497 e. The smallest absolute Gasteiger partial charge is 0.278 e. The van der Waals surface area contributed by atoms with Crippen LogP contribution in [0.15, 0.2) is 54.2 Å². The Labute approximate surface area is 162 Å². The summed E-state index contributed by atoms with van der Waals surface area (Å²) in [4.78, 5) is 28.8. The van der Waals surface area contributed by atoms with Crippen molar-refractivity contribution in [2.24, 2.45) is 0 Å². The van der Waals surface area contributed by atoms with Crippen molar-refractivity contribution in [3.63, 3.8) is 0 Å². The lowest BCUT2D eigenvalue weighted by atomic mass is 10.0. The van der Waals surface area contributed by atoms with Crippen molar-refractivity contribution < 1.29 is 23.8 Å². The molecular formula is C21H21FN2O4. The van der Waals surface area contributed by atoms with Gasteiger partial charge in [-0.15, -0.1) is 0 Å². The van der Waals surface area contributed by atoms with Gasteiger partial charge in [0, 0.05) is 13.6 Å². The number of rotatable bonds is 7. The molecule has 0 bridgehead atoms. The predicted octanol–water partition coefficient (Wildman–Crippen LogP) is 2.04. The third-order valence-electron chi connectivity index (χ3n) is 4.59. The third-order valence-corrected chi connectivity index (χ3v) is 4.59. The van der Waals surface area contributed by atoms with Gasteiger partial charge in [0.2, 0.25) is 0 Å². The van der Waals surface area contributed by atoms with Gasteiger partial charge in [-0.2, -0.15) is 0 Å². The number of carbonyl (C=O) groups excluding carboxylic acids is 2. The summed E-state index contributed by atoms with van der Waals surface area (Å²) in [7, 11) is 3.20. The van der Waals surface area contributed by atoms with Gasteiger partial charge in [-0.1, -0.05) is 24.3 Å². The van der Waals surface area contributed by atoms with Crippen molar-refractivity contribution in [2.75, 3.05) is 27.3 Å². The molecule has 0 aliphatic carbocycles. The highest BCUT2D eigenvalue weighted by Crippen LogP contribution is 2.32. The summed E-state index contributed by atoms with van der Waals surface area (Å²) in [5.41, 5.74) is 1.62. The Morgan fingerprint density at radius 3 is 2.25 bits per heavy atom. The molecule has 2 aromatic carbocycles. The number of likely N-dealkylation sites (N-methyl/N-ethyl adjacent to an activating group) is 1. The Balaban J connectivity index is 1.97. The molecule has 1 N–H and O–H groups in total. The maximum absolute atomic E-state index is 13.3. The number of hydrogen-bond acceptors (Lipinski definition) is 5. The van der Waals surface area contributed by atoms with Crippen LogP contribution in [-0.2, 0) is 16.1 Å². The van der Waals surface area contributed by atoms with Gasteiger partial charge in [-0.05, 0) is 35.4 Å². The molecule has 0 aromatic heterocycles. The van der Waals surface area contributed by atoms with Gasteiger partial charge in [-0.25, -0.2) is 4.39 Å². The van der Waals surface area contributed by atoms with Crippen molar-refractivity contribution in [2.45, 2.75) is 6.54 Å². The molecule has 7 heteroatoms. The lowest BCUT2D eigenvalue weighted by Crippen LogP contribution is -2.34. The zero-order valence-electron chi connectivity index (χ0n) is 15.7. The Morgan fingerprint density at radius 2 is 1.68 bits per heavy atom. The molecule has 0 spiro atoms. The number of amides is 2. The predicted molar refractivity (Wildman–Crippen MR) is 102 cm³/mol. The lowest BCUT2D eigenvalue weighted by molar-refractivity contribution is -0.138.